The van der Waals surface area contributed by atoms with Crippen molar-refractivity contribution < 1.29 is 5.11 Å². The smallest absolute Gasteiger partial charge is 0.224 e. The Morgan fingerprint density at radius 1 is 1.50 bits per heavy atom. The van der Waals surface area contributed by atoms with Crippen LogP contribution in [0.5, 0.6) is 0 Å². The maximum absolute atomic E-state index is 10.6. The molecule has 0 saturated heterocycles. The van der Waals surface area contributed by atoms with Crippen molar-refractivity contribution in [2.75, 3.05) is 23.7 Å². The minimum Gasteiger partial charge on any atom is -0.388 e. The highest BCUT2D eigenvalue weighted by molar-refractivity contribution is 6.32. The summed E-state index contributed by atoms with van der Waals surface area (Å²) in [5.41, 5.74) is -0.662. The molecular formula is C14H23ClN4O. The lowest BCUT2D eigenvalue weighted by molar-refractivity contribution is -0.000824. The molecule has 0 aromatic carbocycles. The number of hydrogen-bond donors (Lipinski definition) is 3. The molecule has 2 atom stereocenters. The molecule has 0 radical (unpaired) electrons. The van der Waals surface area contributed by atoms with Crippen molar-refractivity contribution in [1.29, 1.82) is 0 Å². The van der Waals surface area contributed by atoms with Gasteiger partial charge in [-0.25, -0.2) is 4.98 Å². The van der Waals surface area contributed by atoms with Gasteiger partial charge in [-0.1, -0.05) is 31.4 Å². The largest absolute Gasteiger partial charge is 0.388 e. The molecule has 6 heteroatoms. The lowest BCUT2D eigenvalue weighted by Crippen LogP contribution is -2.41. The molecule has 112 valence electrons. The van der Waals surface area contributed by atoms with Gasteiger partial charge >= 0.3 is 0 Å². The maximum atomic E-state index is 10.6. The molecular weight excluding hydrogens is 276 g/mol. The second-order valence-corrected chi connectivity index (χ2v) is 6.11. The van der Waals surface area contributed by atoms with Gasteiger partial charge in [-0.3, -0.25) is 0 Å². The summed E-state index contributed by atoms with van der Waals surface area (Å²) in [4.78, 5) is 8.42. The number of nitrogens with zero attached hydrogens (tertiary/aromatic N) is 2. The lowest BCUT2D eigenvalue weighted by atomic mass is 9.79. The molecule has 3 N–H and O–H groups in total. The summed E-state index contributed by atoms with van der Waals surface area (Å²) in [5.74, 6) is 1.68. The highest BCUT2D eigenvalue weighted by atomic mass is 35.5. The Labute approximate surface area is 125 Å². The summed E-state index contributed by atoms with van der Waals surface area (Å²) in [6.07, 6.45) is 5.49. The van der Waals surface area contributed by atoms with Crippen molar-refractivity contribution in [3.05, 3.63) is 11.2 Å². The molecule has 2 unspecified atom stereocenters. The van der Waals surface area contributed by atoms with Crippen LogP contribution < -0.4 is 10.6 Å². The van der Waals surface area contributed by atoms with E-state index in [0.29, 0.717) is 29.3 Å². The van der Waals surface area contributed by atoms with Gasteiger partial charge in [0, 0.05) is 13.1 Å². The Balaban J connectivity index is 2.00. The van der Waals surface area contributed by atoms with Gasteiger partial charge in [0.1, 0.15) is 5.02 Å². The molecule has 1 saturated carbocycles. The third-order valence-corrected chi connectivity index (χ3v) is 4.01. The van der Waals surface area contributed by atoms with Gasteiger partial charge < -0.3 is 15.7 Å². The Morgan fingerprint density at radius 2 is 2.30 bits per heavy atom. The van der Waals surface area contributed by atoms with Crippen molar-refractivity contribution in [1.82, 2.24) is 9.97 Å². The first-order valence-corrected chi connectivity index (χ1v) is 7.63. The number of halogens is 1. The van der Waals surface area contributed by atoms with E-state index in [-0.39, 0.29) is 0 Å². The Hall–Kier alpha value is -1.07. The van der Waals surface area contributed by atoms with Gasteiger partial charge in [-0.15, -0.1) is 0 Å². The summed E-state index contributed by atoms with van der Waals surface area (Å²) in [7, 11) is 0. The van der Waals surface area contributed by atoms with Gasteiger partial charge in [-0.05, 0) is 25.7 Å². The predicted octanol–water partition coefficient (Wildman–Crippen LogP) is 2.91. The Morgan fingerprint density at radius 3 is 3.00 bits per heavy atom. The van der Waals surface area contributed by atoms with Crippen molar-refractivity contribution in [2.45, 2.75) is 45.1 Å². The summed E-state index contributed by atoms with van der Waals surface area (Å²) in [5, 5.41) is 17.3. The molecule has 0 amide bonds. The molecule has 1 aromatic rings. The minimum atomic E-state index is -0.662. The van der Waals surface area contributed by atoms with Crippen LogP contribution in [-0.2, 0) is 0 Å². The standard InChI is InChI=1S/C14H23ClN4O/c1-3-16-13-17-8-11(15)12(19-13)18-9-14(20)6-4-5-10(2)7-14/h8,10,20H,3-7,9H2,1-2H3,(H2,16,17,18,19). The first-order chi connectivity index (χ1) is 9.52. The molecule has 20 heavy (non-hydrogen) atoms. The summed E-state index contributed by atoms with van der Waals surface area (Å²) in [6, 6.07) is 0. The van der Waals surface area contributed by atoms with Crippen molar-refractivity contribution in [3.8, 4) is 0 Å². The lowest BCUT2D eigenvalue weighted by Gasteiger charge is -2.35. The maximum Gasteiger partial charge on any atom is 0.224 e. The van der Waals surface area contributed by atoms with Crippen LogP contribution in [0.4, 0.5) is 11.8 Å². The van der Waals surface area contributed by atoms with Crippen LogP contribution in [0.25, 0.3) is 0 Å². The van der Waals surface area contributed by atoms with Crippen LogP contribution in [0, 0.1) is 5.92 Å². The van der Waals surface area contributed by atoms with E-state index >= 15 is 0 Å². The zero-order chi connectivity index (χ0) is 14.6. The molecule has 5 nitrogen and oxygen atoms in total. The molecule has 0 aliphatic heterocycles. The fraction of sp³-hybridized carbons (Fsp3) is 0.714. The Kier molecular flexibility index (Phi) is 5.05. The van der Waals surface area contributed by atoms with E-state index < -0.39 is 5.60 Å². The fourth-order valence-corrected chi connectivity index (χ4v) is 2.93. The summed E-state index contributed by atoms with van der Waals surface area (Å²) < 4.78 is 0. The number of nitrogens with one attached hydrogen (secondary N) is 2. The molecule has 2 rings (SSSR count). The van der Waals surface area contributed by atoms with Gasteiger partial charge in [0.2, 0.25) is 5.95 Å². The zero-order valence-corrected chi connectivity index (χ0v) is 12.9. The zero-order valence-electron chi connectivity index (χ0n) is 12.1. The molecule has 1 aliphatic rings. The average molecular weight is 299 g/mol. The molecule has 1 heterocycles. The summed E-state index contributed by atoms with van der Waals surface area (Å²) >= 11 is 6.09. The van der Waals surface area contributed by atoms with Crippen molar-refractivity contribution >= 4 is 23.4 Å². The number of anilines is 2. The number of hydrogen-bond acceptors (Lipinski definition) is 5. The van der Waals surface area contributed by atoms with Crippen LogP contribution in [-0.4, -0.2) is 33.8 Å². The van der Waals surface area contributed by atoms with E-state index in [0.717, 1.165) is 25.8 Å². The molecule has 0 bridgehead atoms. The van der Waals surface area contributed by atoms with Crippen LogP contribution in [0.2, 0.25) is 5.02 Å². The highest BCUT2D eigenvalue weighted by Crippen LogP contribution is 2.32. The quantitative estimate of drug-likeness (QED) is 0.780. The summed E-state index contributed by atoms with van der Waals surface area (Å²) in [6.45, 7) is 5.39. The second-order valence-electron chi connectivity index (χ2n) is 5.70. The van der Waals surface area contributed by atoms with Crippen LogP contribution in [0.15, 0.2) is 6.20 Å². The molecule has 0 spiro atoms. The third-order valence-electron chi connectivity index (χ3n) is 3.73. The SMILES string of the molecule is CCNc1ncc(Cl)c(NCC2(O)CCCC(C)C2)n1. The number of aromatic nitrogens is 2. The average Bonchev–Trinajstić information content (AvgIpc) is 2.39. The van der Waals surface area contributed by atoms with Gasteiger partial charge in [-0.2, -0.15) is 4.98 Å². The van der Waals surface area contributed by atoms with E-state index in [2.05, 4.69) is 27.5 Å². The molecule has 1 aromatic heterocycles. The number of rotatable bonds is 5. The van der Waals surface area contributed by atoms with Crippen molar-refractivity contribution in [2.24, 2.45) is 5.92 Å². The van der Waals surface area contributed by atoms with Crippen molar-refractivity contribution in [3.63, 3.8) is 0 Å². The van der Waals surface area contributed by atoms with E-state index in [4.69, 9.17) is 11.6 Å². The van der Waals surface area contributed by atoms with Crippen LogP contribution in [0.1, 0.15) is 39.5 Å². The molecule has 1 fully saturated rings. The Bertz CT molecular complexity index is 457. The topological polar surface area (TPSA) is 70.1 Å². The number of aliphatic hydroxyl groups is 1. The van der Waals surface area contributed by atoms with E-state index in [1.165, 1.54) is 6.42 Å². The van der Waals surface area contributed by atoms with Crippen LogP contribution in [0.3, 0.4) is 0 Å². The van der Waals surface area contributed by atoms with Crippen LogP contribution >= 0.6 is 11.6 Å². The predicted molar refractivity (Wildman–Crippen MR) is 82.3 cm³/mol. The third kappa shape index (κ3) is 3.96. The monoisotopic (exact) mass is 298 g/mol. The first-order valence-electron chi connectivity index (χ1n) is 7.25. The van der Waals surface area contributed by atoms with E-state index in [9.17, 15) is 5.11 Å². The highest BCUT2D eigenvalue weighted by Gasteiger charge is 2.32. The fourth-order valence-electron chi connectivity index (χ4n) is 2.78. The van der Waals surface area contributed by atoms with Gasteiger partial charge in [0.25, 0.3) is 0 Å². The normalized spacial score (nSPS) is 26.3. The van der Waals surface area contributed by atoms with E-state index in [1.807, 2.05) is 6.92 Å². The van der Waals surface area contributed by atoms with Gasteiger partial charge in [0.15, 0.2) is 5.82 Å². The first kappa shape index (κ1) is 15.3. The minimum absolute atomic E-state index is 0.471. The molecule has 1 aliphatic carbocycles. The van der Waals surface area contributed by atoms with E-state index in [1.54, 1.807) is 6.20 Å². The van der Waals surface area contributed by atoms with Gasteiger partial charge in [0.05, 0.1) is 11.8 Å². The second kappa shape index (κ2) is 6.59.